The van der Waals surface area contributed by atoms with E-state index in [1.54, 1.807) is 10.6 Å². The van der Waals surface area contributed by atoms with Gasteiger partial charge in [0, 0.05) is 6.42 Å². The Morgan fingerprint density at radius 3 is 2.64 bits per heavy atom. The fourth-order valence-corrected chi connectivity index (χ4v) is 2.47. The zero-order valence-electron chi connectivity index (χ0n) is 12.7. The molecule has 5 heteroatoms. The molecule has 0 atom stereocenters. The Kier molecular flexibility index (Phi) is 3.96. The van der Waals surface area contributed by atoms with Gasteiger partial charge in [-0.1, -0.05) is 44.2 Å². The zero-order chi connectivity index (χ0) is 15.5. The number of nitrogens with zero attached hydrogens (tertiary/aromatic N) is 4. The third kappa shape index (κ3) is 2.88. The molecule has 0 saturated carbocycles. The lowest BCUT2D eigenvalue weighted by Gasteiger charge is -2.14. The van der Waals surface area contributed by atoms with Gasteiger partial charge in [-0.3, -0.25) is 9.36 Å². The van der Waals surface area contributed by atoms with Crippen LogP contribution in [0.1, 0.15) is 25.2 Å². The van der Waals surface area contributed by atoms with Crippen molar-refractivity contribution in [3.63, 3.8) is 0 Å². The molecule has 0 aliphatic heterocycles. The van der Waals surface area contributed by atoms with Crippen molar-refractivity contribution in [3.05, 3.63) is 64.3 Å². The van der Waals surface area contributed by atoms with Crippen molar-refractivity contribution in [2.45, 2.75) is 26.8 Å². The first-order chi connectivity index (χ1) is 10.6. The fourth-order valence-electron chi connectivity index (χ4n) is 2.47. The highest BCUT2D eigenvalue weighted by Crippen LogP contribution is 2.11. The molecule has 0 aliphatic rings. The van der Waals surface area contributed by atoms with Crippen molar-refractivity contribution >= 4 is 11.0 Å². The minimum atomic E-state index is -0.0561. The van der Waals surface area contributed by atoms with Crippen LogP contribution in [0.5, 0.6) is 0 Å². The molecular formula is C17H18N4O. The van der Waals surface area contributed by atoms with E-state index in [2.05, 4.69) is 29.0 Å². The first-order valence-corrected chi connectivity index (χ1v) is 7.40. The van der Waals surface area contributed by atoms with Crippen molar-refractivity contribution in [1.82, 2.24) is 19.7 Å². The highest BCUT2D eigenvalue weighted by Gasteiger charge is 2.13. The molecule has 5 nitrogen and oxygen atoms in total. The monoisotopic (exact) mass is 294 g/mol. The van der Waals surface area contributed by atoms with E-state index in [0.717, 1.165) is 17.8 Å². The Balaban J connectivity index is 2.16. The summed E-state index contributed by atoms with van der Waals surface area (Å²) in [6.45, 7) is 4.74. The SMILES string of the molecule is CC(C)Cc1nc2nnccc2c(=O)n1Cc1ccccc1. The third-order valence-corrected chi connectivity index (χ3v) is 3.50. The van der Waals surface area contributed by atoms with Crippen molar-refractivity contribution in [2.75, 3.05) is 0 Å². The van der Waals surface area contributed by atoms with Crippen LogP contribution < -0.4 is 5.56 Å². The molecule has 0 bridgehead atoms. The van der Waals surface area contributed by atoms with Gasteiger partial charge < -0.3 is 0 Å². The Morgan fingerprint density at radius 2 is 1.91 bits per heavy atom. The molecule has 0 unspecified atom stereocenters. The maximum atomic E-state index is 12.8. The summed E-state index contributed by atoms with van der Waals surface area (Å²) in [5.74, 6) is 1.17. The summed E-state index contributed by atoms with van der Waals surface area (Å²) >= 11 is 0. The summed E-state index contributed by atoms with van der Waals surface area (Å²) in [5.41, 5.74) is 1.45. The molecule has 0 aliphatic carbocycles. The van der Waals surface area contributed by atoms with Gasteiger partial charge in [0.25, 0.3) is 5.56 Å². The molecule has 1 aromatic carbocycles. The molecule has 22 heavy (non-hydrogen) atoms. The van der Waals surface area contributed by atoms with Crippen LogP contribution in [0.25, 0.3) is 11.0 Å². The summed E-state index contributed by atoms with van der Waals surface area (Å²) in [6.07, 6.45) is 2.26. The van der Waals surface area contributed by atoms with Crippen molar-refractivity contribution in [1.29, 1.82) is 0 Å². The molecular weight excluding hydrogens is 276 g/mol. The molecule has 0 amide bonds. The van der Waals surface area contributed by atoms with Gasteiger partial charge in [-0.05, 0) is 17.5 Å². The predicted octanol–water partition coefficient (Wildman–Crippen LogP) is 2.43. The maximum absolute atomic E-state index is 12.8. The van der Waals surface area contributed by atoms with E-state index in [9.17, 15) is 4.79 Å². The Morgan fingerprint density at radius 1 is 1.14 bits per heavy atom. The topological polar surface area (TPSA) is 60.7 Å². The predicted molar refractivity (Wildman–Crippen MR) is 85.7 cm³/mol. The van der Waals surface area contributed by atoms with Crippen LogP contribution in [-0.4, -0.2) is 19.7 Å². The van der Waals surface area contributed by atoms with Gasteiger partial charge in [0.15, 0.2) is 5.65 Å². The van der Waals surface area contributed by atoms with Crippen LogP contribution in [-0.2, 0) is 13.0 Å². The summed E-state index contributed by atoms with van der Waals surface area (Å²) in [4.78, 5) is 17.4. The van der Waals surface area contributed by atoms with Crippen LogP contribution >= 0.6 is 0 Å². The van der Waals surface area contributed by atoms with Gasteiger partial charge in [-0.15, -0.1) is 5.10 Å². The van der Waals surface area contributed by atoms with Gasteiger partial charge in [0.2, 0.25) is 0 Å². The van der Waals surface area contributed by atoms with Gasteiger partial charge in [-0.25, -0.2) is 4.98 Å². The highest BCUT2D eigenvalue weighted by molar-refractivity contribution is 5.72. The quantitative estimate of drug-likeness (QED) is 0.741. The minimum absolute atomic E-state index is 0.0561. The zero-order valence-corrected chi connectivity index (χ0v) is 12.7. The number of aromatic nitrogens is 4. The van der Waals surface area contributed by atoms with Crippen LogP contribution in [0.4, 0.5) is 0 Å². The van der Waals surface area contributed by atoms with E-state index in [-0.39, 0.29) is 5.56 Å². The van der Waals surface area contributed by atoms with E-state index < -0.39 is 0 Å². The van der Waals surface area contributed by atoms with Gasteiger partial charge >= 0.3 is 0 Å². The molecule has 0 radical (unpaired) electrons. The number of hydrogen-bond donors (Lipinski definition) is 0. The standard InChI is InChI=1S/C17H18N4O/c1-12(2)10-15-19-16-14(8-9-18-20-16)17(22)21(15)11-13-6-4-3-5-7-13/h3-9,12H,10-11H2,1-2H3. The summed E-state index contributed by atoms with van der Waals surface area (Å²) < 4.78 is 1.75. The van der Waals surface area contributed by atoms with Crippen molar-refractivity contribution in [3.8, 4) is 0 Å². The van der Waals surface area contributed by atoms with Crippen LogP contribution in [0.15, 0.2) is 47.4 Å². The van der Waals surface area contributed by atoms with Gasteiger partial charge in [0.05, 0.1) is 18.1 Å². The second-order valence-corrected chi connectivity index (χ2v) is 5.77. The van der Waals surface area contributed by atoms with Crippen molar-refractivity contribution < 1.29 is 0 Å². The van der Waals surface area contributed by atoms with E-state index in [0.29, 0.717) is 23.5 Å². The van der Waals surface area contributed by atoms with E-state index in [4.69, 9.17) is 0 Å². The number of rotatable bonds is 4. The first kappa shape index (κ1) is 14.4. The lowest BCUT2D eigenvalue weighted by molar-refractivity contribution is 0.573. The molecule has 0 N–H and O–H groups in total. The Bertz CT molecular complexity index is 840. The largest absolute Gasteiger partial charge is 0.292 e. The molecule has 2 aromatic heterocycles. The van der Waals surface area contributed by atoms with E-state index in [1.165, 1.54) is 6.20 Å². The third-order valence-electron chi connectivity index (χ3n) is 3.50. The average molecular weight is 294 g/mol. The van der Waals surface area contributed by atoms with Crippen molar-refractivity contribution in [2.24, 2.45) is 5.92 Å². The summed E-state index contributed by atoms with van der Waals surface area (Å²) in [5, 5.41) is 8.32. The molecule has 2 heterocycles. The lowest BCUT2D eigenvalue weighted by atomic mass is 10.1. The average Bonchev–Trinajstić information content (AvgIpc) is 2.52. The normalized spacial score (nSPS) is 11.2. The molecule has 0 fully saturated rings. The minimum Gasteiger partial charge on any atom is -0.292 e. The molecule has 3 rings (SSSR count). The number of fused-ring (bicyclic) bond motifs is 1. The van der Waals surface area contributed by atoms with E-state index >= 15 is 0 Å². The van der Waals surface area contributed by atoms with Gasteiger partial charge in [0.1, 0.15) is 5.82 Å². The van der Waals surface area contributed by atoms with E-state index in [1.807, 2.05) is 30.3 Å². The molecule has 0 spiro atoms. The molecule has 3 aromatic rings. The maximum Gasteiger partial charge on any atom is 0.263 e. The van der Waals surface area contributed by atoms with Crippen LogP contribution in [0.3, 0.4) is 0 Å². The highest BCUT2D eigenvalue weighted by atomic mass is 16.1. The fraction of sp³-hybridized carbons (Fsp3) is 0.294. The summed E-state index contributed by atoms with van der Waals surface area (Å²) in [6, 6.07) is 11.6. The lowest BCUT2D eigenvalue weighted by Crippen LogP contribution is -2.27. The number of benzene rings is 1. The molecule has 112 valence electrons. The number of hydrogen-bond acceptors (Lipinski definition) is 4. The second-order valence-electron chi connectivity index (χ2n) is 5.77. The Hall–Kier alpha value is -2.56. The van der Waals surface area contributed by atoms with Gasteiger partial charge in [-0.2, -0.15) is 5.10 Å². The first-order valence-electron chi connectivity index (χ1n) is 7.40. The van der Waals surface area contributed by atoms with Crippen LogP contribution in [0, 0.1) is 5.92 Å². The summed E-state index contributed by atoms with van der Waals surface area (Å²) in [7, 11) is 0. The molecule has 0 saturated heterocycles. The smallest absolute Gasteiger partial charge is 0.263 e. The van der Waals surface area contributed by atoms with Crippen LogP contribution in [0.2, 0.25) is 0 Å². The second kappa shape index (κ2) is 6.05. The Labute approximate surface area is 128 Å².